The van der Waals surface area contributed by atoms with Crippen molar-refractivity contribution in [3.05, 3.63) is 0 Å². The molecule has 4 rings (SSSR count). The summed E-state index contributed by atoms with van der Waals surface area (Å²) in [5, 5.41) is 9.47. The first kappa shape index (κ1) is 19.9. The molecule has 4 aliphatic rings. The van der Waals surface area contributed by atoms with Gasteiger partial charge in [-0.15, -0.1) is 0 Å². The van der Waals surface area contributed by atoms with Crippen molar-refractivity contribution in [2.75, 3.05) is 13.2 Å². The third-order valence-corrected chi connectivity index (χ3v) is 5.54. The van der Waals surface area contributed by atoms with Gasteiger partial charge in [-0.05, 0) is 76.0 Å². The van der Waals surface area contributed by atoms with E-state index in [1.807, 2.05) is 0 Å². The molecule has 6 heteroatoms. The lowest BCUT2D eigenvalue weighted by molar-refractivity contribution is -0.172. The molecule has 0 aromatic carbocycles. The molecule has 1 N–H and O–H groups in total. The molecule has 1 atom stereocenters. The highest BCUT2D eigenvalue weighted by Gasteiger charge is 2.42. The summed E-state index contributed by atoms with van der Waals surface area (Å²) in [5.41, 5.74) is -2.44. The van der Waals surface area contributed by atoms with Crippen LogP contribution in [0.1, 0.15) is 58.8 Å². The Bertz CT molecular complexity index is 432. The summed E-state index contributed by atoms with van der Waals surface area (Å²) in [6.45, 7) is 3.21. The van der Waals surface area contributed by atoms with Crippen molar-refractivity contribution in [3.8, 4) is 0 Å². The molecule has 4 saturated carbocycles. The van der Waals surface area contributed by atoms with Crippen molar-refractivity contribution in [2.45, 2.75) is 64.4 Å². The number of aliphatic hydroxyl groups is 1. The summed E-state index contributed by atoms with van der Waals surface area (Å²) >= 11 is 0. The lowest BCUT2D eigenvalue weighted by Crippen LogP contribution is -2.44. The van der Waals surface area contributed by atoms with Crippen LogP contribution >= 0.6 is 0 Å². The van der Waals surface area contributed by atoms with Crippen LogP contribution in [-0.2, 0) is 23.9 Å². The summed E-state index contributed by atoms with van der Waals surface area (Å²) in [7, 11) is 0. The Morgan fingerprint density at radius 3 is 1.64 bits per heavy atom. The Balaban J connectivity index is 0.000000191. The van der Waals surface area contributed by atoms with Crippen LogP contribution in [0.2, 0.25) is 0 Å². The van der Waals surface area contributed by atoms with Crippen LogP contribution in [-0.4, -0.2) is 42.1 Å². The molecule has 0 aliphatic heterocycles. The maximum absolute atomic E-state index is 11.1. The van der Waals surface area contributed by atoms with E-state index in [-0.39, 0.29) is 19.5 Å². The highest BCUT2D eigenvalue weighted by molar-refractivity contribution is 6.00. The highest BCUT2D eigenvalue weighted by atomic mass is 16.6. The van der Waals surface area contributed by atoms with E-state index in [1.54, 1.807) is 45.4 Å². The topological polar surface area (TPSA) is 89.9 Å². The molecule has 6 nitrogen and oxygen atoms in total. The molecule has 0 aromatic rings. The Hall–Kier alpha value is -1.43. The molecule has 4 fully saturated rings. The average molecular weight is 354 g/mol. The van der Waals surface area contributed by atoms with Crippen LogP contribution in [0.15, 0.2) is 0 Å². The molecule has 4 aliphatic carbocycles. The number of aldehydes is 1. The maximum Gasteiger partial charge on any atom is 0.346 e. The minimum absolute atomic E-state index is 0.0117. The van der Waals surface area contributed by atoms with E-state index in [2.05, 4.69) is 9.47 Å². The van der Waals surface area contributed by atoms with Crippen LogP contribution in [0.5, 0.6) is 0 Å². The lowest BCUT2D eigenvalue weighted by Gasteiger charge is -2.49. The van der Waals surface area contributed by atoms with E-state index in [0.29, 0.717) is 0 Å². The Labute approximate surface area is 149 Å². The molecular formula is C19H30O6. The normalized spacial score (nSPS) is 31.3. The predicted molar refractivity (Wildman–Crippen MR) is 90.6 cm³/mol. The van der Waals surface area contributed by atoms with E-state index < -0.39 is 24.0 Å². The predicted octanol–water partition coefficient (Wildman–Crippen LogP) is 2.27. The highest BCUT2D eigenvalue weighted by Crippen LogP contribution is 2.53. The summed E-state index contributed by atoms with van der Waals surface area (Å²) in [6, 6.07) is 0. The van der Waals surface area contributed by atoms with Gasteiger partial charge in [0.25, 0.3) is 0 Å². The number of esters is 2. The minimum Gasteiger partial charge on any atom is -0.466 e. The number of hydrogen-bond acceptors (Lipinski definition) is 6. The molecular weight excluding hydrogens is 324 g/mol. The second kappa shape index (κ2) is 8.79. The van der Waals surface area contributed by atoms with Gasteiger partial charge in [0.2, 0.25) is 5.60 Å². The van der Waals surface area contributed by atoms with Gasteiger partial charge in [0.15, 0.2) is 6.29 Å². The third-order valence-electron chi connectivity index (χ3n) is 5.54. The van der Waals surface area contributed by atoms with Gasteiger partial charge in [0.1, 0.15) is 0 Å². The van der Waals surface area contributed by atoms with Gasteiger partial charge in [-0.3, -0.25) is 9.59 Å². The zero-order valence-electron chi connectivity index (χ0n) is 15.2. The largest absolute Gasteiger partial charge is 0.466 e. The van der Waals surface area contributed by atoms with Crippen LogP contribution in [0.4, 0.5) is 0 Å². The molecule has 25 heavy (non-hydrogen) atoms. The molecule has 0 spiro atoms. The standard InChI is InChI=1S/C10H16.C9H14O6/c1-7-2-9-4-8(1)5-10(3-7)6-9;1-3-14-7(11)5-9(13,6-10)8(12)15-4-2/h7-10H,1-6H2;6,13H,3-5H2,1-2H3. The monoisotopic (exact) mass is 354 g/mol. The summed E-state index contributed by atoms with van der Waals surface area (Å²) < 4.78 is 8.95. The molecule has 4 bridgehead atoms. The first-order valence-electron chi connectivity index (χ1n) is 9.41. The zero-order chi connectivity index (χ0) is 18.4. The van der Waals surface area contributed by atoms with Gasteiger partial charge < -0.3 is 14.6 Å². The smallest absolute Gasteiger partial charge is 0.346 e. The molecule has 0 aromatic heterocycles. The van der Waals surface area contributed by atoms with Gasteiger partial charge in [0, 0.05) is 0 Å². The summed E-state index contributed by atoms with van der Waals surface area (Å²) in [6.07, 6.45) is 8.87. The van der Waals surface area contributed by atoms with Gasteiger partial charge in [-0.1, -0.05) is 0 Å². The number of carbonyl (C=O) groups excluding carboxylic acids is 3. The van der Waals surface area contributed by atoms with E-state index in [9.17, 15) is 19.5 Å². The SMILES string of the molecule is C1C2CC3CC1CC(C2)C3.CCOC(=O)CC(O)(C=O)C(=O)OCC. The van der Waals surface area contributed by atoms with Gasteiger partial charge in [-0.25, -0.2) is 4.79 Å². The van der Waals surface area contributed by atoms with Crippen molar-refractivity contribution in [1.29, 1.82) is 0 Å². The fraction of sp³-hybridized carbons (Fsp3) is 0.842. The van der Waals surface area contributed by atoms with Gasteiger partial charge in [0.05, 0.1) is 19.6 Å². The van der Waals surface area contributed by atoms with Crippen molar-refractivity contribution in [2.24, 2.45) is 23.7 Å². The second-order valence-corrected chi connectivity index (χ2v) is 7.62. The Kier molecular flexibility index (Phi) is 6.99. The Morgan fingerprint density at radius 2 is 1.32 bits per heavy atom. The lowest BCUT2D eigenvalue weighted by atomic mass is 9.56. The number of hydrogen-bond donors (Lipinski definition) is 1. The van der Waals surface area contributed by atoms with Crippen molar-refractivity contribution >= 4 is 18.2 Å². The van der Waals surface area contributed by atoms with E-state index >= 15 is 0 Å². The fourth-order valence-corrected chi connectivity index (χ4v) is 4.83. The van der Waals surface area contributed by atoms with E-state index in [0.717, 1.165) is 0 Å². The summed E-state index contributed by atoms with van der Waals surface area (Å²) in [5.74, 6) is 2.73. The van der Waals surface area contributed by atoms with Crippen LogP contribution < -0.4 is 0 Å². The quantitative estimate of drug-likeness (QED) is 0.447. The molecule has 1 unspecified atom stereocenters. The minimum atomic E-state index is -2.44. The molecule has 0 amide bonds. The first-order chi connectivity index (χ1) is 11.9. The van der Waals surface area contributed by atoms with Crippen molar-refractivity contribution in [3.63, 3.8) is 0 Å². The fourth-order valence-electron chi connectivity index (χ4n) is 4.83. The summed E-state index contributed by atoms with van der Waals surface area (Å²) in [4.78, 5) is 32.6. The average Bonchev–Trinajstić information content (AvgIpc) is 2.54. The molecule has 142 valence electrons. The van der Waals surface area contributed by atoms with Gasteiger partial charge in [-0.2, -0.15) is 0 Å². The third kappa shape index (κ3) is 5.27. The van der Waals surface area contributed by atoms with Crippen LogP contribution in [0.25, 0.3) is 0 Å². The van der Waals surface area contributed by atoms with E-state index in [4.69, 9.17) is 0 Å². The maximum atomic E-state index is 11.1. The molecule has 0 saturated heterocycles. The number of ether oxygens (including phenoxy) is 2. The van der Waals surface area contributed by atoms with Crippen LogP contribution in [0.3, 0.4) is 0 Å². The molecule has 0 heterocycles. The van der Waals surface area contributed by atoms with Gasteiger partial charge >= 0.3 is 11.9 Å². The van der Waals surface area contributed by atoms with Crippen molar-refractivity contribution < 1.29 is 29.0 Å². The number of carbonyl (C=O) groups is 3. The number of rotatable bonds is 6. The Morgan fingerprint density at radius 1 is 0.920 bits per heavy atom. The zero-order valence-corrected chi connectivity index (χ0v) is 15.2. The molecule has 0 radical (unpaired) electrons. The first-order valence-corrected chi connectivity index (χ1v) is 9.41. The van der Waals surface area contributed by atoms with Crippen molar-refractivity contribution in [1.82, 2.24) is 0 Å². The van der Waals surface area contributed by atoms with Crippen LogP contribution in [0, 0.1) is 23.7 Å². The van der Waals surface area contributed by atoms with E-state index in [1.165, 1.54) is 30.6 Å². The second-order valence-electron chi connectivity index (χ2n) is 7.62.